The molecule has 33 heavy (non-hydrogen) atoms. The Morgan fingerprint density at radius 3 is 2.30 bits per heavy atom. The van der Waals surface area contributed by atoms with E-state index in [1.165, 1.54) is 26.4 Å². The Morgan fingerprint density at radius 1 is 1.06 bits per heavy atom. The van der Waals surface area contributed by atoms with E-state index in [2.05, 4.69) is 5.16 Å². The number of aromatic nitrogens is 1. The van der Waals surface area contributed by atoms with Gasteiger partial charge in [0.2, 0.25) is 0 Å². The zero-order chi connectivity index (χ0) is 23.2. The van der Waals surface area contributed by atoms with Crippen molar-refractivity contribution < 1.29 is 28.3 Å². The second kappa shape index (κ2) is 8.50. The summed E-state index contributed by atoms with van der Waals surface area (Å²) in [6.45, 7) is 3.81. The molecule has 4 bridgehead atoms. The van der Waals surface area contributed by atoms with Gasteiger partial charge in [0.25, 0.3) is 0 Å². The van der Waals surface area contributed by atoms with Crippen molar-refractivity contribution in [3.63, 3.8) is 0 Å². The molecule has 4 saturated carbocycles. The van der Waals surface area contributed by atoms with Crippen molar-refractivity contribution >= 4 is 11.8 Å². The first-order chi connectivity index (χ1) is 15.9. The van der Waals surface area contributed by atoms with Crippen LogP contribution in [0, 0.1) is 37.0 Å². The van der Waals surface area contributed by atoms with Gasteiger partial charge in [-0.25, -0.2) is 4.79 Å². The molecule has 0 aliphatic heterocycles. The number of hydrogen-bond donors (Lipinski definition) is 0. The number of benzene rings is 1. The number of carbonyl (C=O) groups is 2. The van der Waals surface area contributed by atoms with Gasteiger partial charge in [-0.1, -0.05) is 5.16 Å². The van der Waals surface area contributed by atoms with Gasteiger partial charge < -0.3 is 18.7 Å². The van der Waals surface area contributed by atoms with Gasteiger partial charge in [0.1, 0.15) is 12.4 Å². The van der Waals surface area contributed by atoms with Gasteiger partial charge in [0.05, 0.1) is 23.9 Å². The summed E-state index contributed by atoms with van der Waals surface area (Å²) in [5.74, 6) is 3.23. The van der Waals surface area contributed by atoms with Crippen molar-refractivity contribution in [2.24, 2.45) is 23.2 Å². The second-order valence-corrected chi connectivity index (χ2v) is 10.2. The summed E-state index contributed by atoms with van der Waals surface area (Å²) in [6, 6.07) is 4.89. The van der Waals surface area contributed by atoms with Crippen LogP contribution in [0.15, 0.2) is 22.7 Å². The average Bonchev–Trinajstić information content (AvgIpc) is 3.11. The highest BCUT2D eigenvalue weighted by molar-refractivity contribution is 5.93. The fourth-order valence-corrected chi connectivity index (χ4v) is 6.59. The second-order valence-electron chi connectivity index (χ2n) is 10.2. The van der Waals surface area contributed by atoms with Crippen molar-refractivity contribution in [1.82, 2.24) is 5.16 Å². The monoisotopic (exact) mass is 453 g/mol. The molecule has 0 N–H and O–H groups in total. The molecule has 6 rings (SSSR count). The van der Waals surface area contributed by atoms with Crippen molar-refractivity contribution in [2.45, 2.75) is 59.0 Å². The maximum Gasteiger partial charge on any atom is 0.338 e. The highest BCUT2D eigenvalue weighted by Gasteiger charge is 2.54. The Balaban J connectivity index is 1.21. The third kappa shape index (κ3) is 4.13. The quantitative estimate of drug-likeness (QED) is 0.530. The number of nitrogens with zero attached hydrogens (tertiary/aromatic N) is 1. The molecule has 4 aliphatic carbocycles. The van der Waals surface area contributed by atoms with Gasteiger partial charge in [-0.2, -0.15) is 0 Å². The summed E-state index contributed by atoms with van der Waals surface area (Å²) in [4.78, 5) is 25.8. The minimum absolute atomic E-state index is 0.0985. The molecule has 0 unspecified atom stereocenters. The van der Waals surface area contributed by atoms with Crippen LogP contribution in [0.3, 0.4) is 0 Å². The van der Waals surface area contributed by atoms with E-state index in [-0.39, 0.29) is 24.4 Å². The molecule has 0 spiro atoms. The topological polar surface area (TPSA) is 87.9 Å². The van der Waals surface area contributed by atoms with Crippen LogP contribution in [-0.4, -0.2) is 30.6 Å². The number of Topliss-reactive ketones (excluding diaryl/α,β-unsaturated/α-hetero) is 1. The van der Waals surface area contributed by atoms with Crippen LogP contribution in [0.1, 0.15) is 65.9 Å². The lowest BCUT2D eigenvalue weighted by atomic mass is 9.48. The summed E-state index contributed by atoms with van der Waals surface area (Å²) in [7, 11) is 1.52. The minimum atomic E-state index is -0.524. The van der Waals surface area contributed by atoms with Crippen molar-refractivity contribution in [2.75, 3.05) is 13.7 Å². The van der Waals surface area contributed by atoms with E-state index in [9.17, 15) is 9.59 Å². The number of aryl methyl sites for hydroxylation is 2. The molecular formula is C26H31NO6. The van der Waals surface area contributed by atoms with Gasteiger partial charge in [0.15, 0.2) is 23.9 Å². The molecule has 1 aromatic carbocycles. The molecule has 4 aliphatic rings. The smallest absolute Gasteiger partial charge is 0.338 e. The maximum absolute atomic E-state index is 13.1. The number of ketones is 1. The normalized spacial score (nSPS) is 27.4. The summed E-state index contributed by atoms with van der Waals surface area (Å²) in [5, 5.41) is 3.93. The Labute approximate surface area is 193 Å². The summed E-state index contributed by atoms with van der Waals surface area (Å²) >= 11 is 0. The van der Waals surface area contributed by atoms with E-state index in [4.69, 9.17) is 18.7 Å². The molecule has 176 valence electrons. The Hall–Kier alpha value is -2.83. The van der Waals surface area contributed by atoms with Crippen LogP contribution >= 0.6 is 0 Å². The first-order valence-electron chi connectivity index (χ1n) is 11.8. The number of esters is 1. The van der Waals surface area contributed by atoms with Crippen LogP contribution in [0.2, 0.25) is 0 Å². The van der Waals surface area contributed by atoms with Crippen LogP contribution in [-0.2, 0) is 16.1 Å². The minimum Gasteiger partial charge on any atom is -0.493 e. The van der Waals surface area contributed by atoms with E-state index in [1.54, 1.807) is 18.2 Å². The maximum atomic E-state index is 13.1. The number of carbonyl (C=O) groups excluding carboxylic acids is 2. The average molecular weight is 454 g/mol. The van der Waals surface area contributed by atoms with E-state index in [1.807, 2.05) is 13.8 Å². The third-order valence-electron chi connectivity index (χ3n) is 7.92. The van der Waals surface area contributed by atoms with Crippen molar-refractivity contribution in [3.05, 3.63) is 40.8 Å². The fraction of sp³-hybridized carbons (Fsp3) is 0.577. The van der Waals surface area contributed by atoms with Crippen LogP contribution in [0.25, 0.3) is 0 Å². The lowest BCUT2D eigenvalue weighted by molar-refractivity contribution is -0.147. The van der Waals surface area contributed by atoms with Crippen molar-refractivity contribution in [3.8, 4) is 11.5 Å². The molecule has 0 saturated heterocycles. The molecule has 7 heteroatoms. The number of ether oxygens (including phenoxy) is 3. The molecule has 2 aromatic rings. The fourth-order valence-electron chi connectivity index (χ4n) is 6.59. The van der Waals surface area contributed by atoms with Gasteiger partial charge in [-0.3, -0.25) is 4.79 Å². The largest absolute Gasteiger partial charge is 0.493 e. The van der Waals surface area contributed by atoms with E-state index in [0.717, 1.165) is 30.5 Å². The van der Waals surface area contributed by atoms with Crippen LogP contribution in [0.5, 0.6) is 11.5 Å². The van der Waals surface area contributed by atoms with E-state index >= 15 is 0 Å². The van der Waals surface area contributed by atoms with E-state index in [0.29, 0.717) is 40.6 Å². The molecular weight excluding hydrogens is 422 g/mol. The van der Waals surface area contributed by atoms with Gasteiger partial charge in [0, 0.05) is 5.41 Å². The number of methoxy groups -OCH3 is 1. The predicted octanol–water partition coefficient (Wildman–Crippen LogP) is 4.82. The van der Waals surface area contributed by atoms with Gasteiger partial charge in [-0.15, -0.1) is 0 Å². The lowest BCUT2D eigenvalue weighted by Gasteiger charge is -2.55. The Kier molecular flexibility index (Phi) is 5.67. The van der Waals surface area contributed by atoms with Gasteiger partial charge in [-0.05, 0) is 88.3 Å². The first kappa shape index (κ1) is 22.0. The van der Waals surface area contributed by atoms with Crippen LogP contribution < -0.4 is 9.47 Å². The summed E-state index contributed by atoms with van der Waals surface area (Å²) < 4.78 is 21.9. The lowest BCUT2D eigenvalue weighted by Crippen LogP contribution is -2.51. The summed E-state index contributed by atoms with van der Waals surface area (Å²) in [6.07, 6.45) is 6.74. The highest BCUT2D eigenvalue weighted by Crippen LogP contribution is 2.60. The molecule has 0 amide bonds. The zero-order valence-corrected chi connectivity index (χ0v) is 19.5. The highest BCUT2D eigenvalue weighted by atomic mass is 16.5. The van der Waals surface area contributed by atoms with E-state index < -0.39 is 5.97 Å². The molecule has 7 nitrogen and oxygen atoms in total. The number of hydrogen-bond acceptors (Lipinski definition) is 7. The number of rotatable bonds is 8. The van der Waals surface area contributed by atoms with Gasteiger partial charge >= 0.3 is 5.97 Å². The molecule has 1 aromatic heterocycles. The first-order valence-corrected chi connectivity index (χ1v) is 11.8. The summed E-state index contributed by atoms with van der Waals surface area (Å²) in [5.41, 5.74) is 1.72. The third-order valence-corrected chi connectivity index (χ3v) is 7.92. The SMILES string of the molecule is COc1cc(C(=O)OCC(=O)C23CC4CC(CC(C4)C2)C3)ccc1OCc1c(C)noc1C. The standard InChI is InChI=1S/C26H31NO6/c1-15-21(16(2)33-27-15)13-31-22-5-4-20(9-23(22)30-3)25(29)32-14-24(28)26-10-17-6-18(11-26)8-19(7-17)12-26/h4-5,9,17-19H,6-8,10-14H2,1-3H3. The van der Waals surface area contributed by atoms with Crippen LogP contribution in [0.4, 0.5) is 0 Å². The molecule has 1 heterocycles. The predicted molar refractivity (Wildman–Crippen MR) is 119 cm³/mol. The Morgan fingerprint density at radius 2 is 1.73 bits per heavy atom. The molecule has 4 fully saturated rings. The zero-order valence-electron chi connectivity index (χ0n) is 19.5. The Bertz CT molecular complexity index is 1020. The molecule has 0 atom stereocenters. The molecule has 0 radical (unpaired) electrons. The van der Waals surface area contributed by atoms with Crippen molar-refractivity contribution in [1.29, 1.82) is 0 Å².